The molecule has 0 N–H and O–H groups in total. The quantitative estimate of drug-likeness (QED) is 0.787. The van der Waals surface area contributed by atoms with Gasteiger partial charge in [-0.15, -0.1) is 0 Å². The van der Waals surface area contributed by atoms with Gasteiger partial charge in [-0.3, -0.25) is 0 Å². The number of hydrogen-bond donors (Lipinski definition) is 0. The molecule has 5 heteroatoms. The molecule has 72 valence electrons. The van der Waals surface area contributed by atoms with Gasteiger partial charge in [-0.2, -0.15) is 4.98 Å². The largest absolute Gasteiger partial charge is 0.409 e. The standard InChI is InChI=1S/C9H5Cl2NO2/c10-6-3-1-2-4-7(6)13-9-12-5-8(11)14-9/h1-5H. The van der Waals surface area contributed by atoms with E-state index in [4.69, 9.17) is 32.4 Å². The Hall–Kier alpha value is -1.19. The Bertz CT molecular complexity index is 442. The first kappa shape index (κ1) is 9.37. The second-order valence-corrected chi connectivity index (χ2v) is 3.24. The van der Waals surface area contributed by atoms with Crippen molar-refractivity contribution in [3.63, 3.8) is 0 Å². The topological polar surface area (TPSA) is 35.3 Å². The van der Waals surface area contributed by atoms with Crippen LogP contribution in [0.3, 0.4) is 0 Å². The molecule has 3 nitrogen and oxygen atoms in total. The molecule has 0 aliphatic rings. The number of oxazole rings is 1. The zero-order valence-corrected chi connectivity index (χ0v) is 8.42. The normalized spacial score (nSPS) is 10.1. The first-order chi connectivity index (χ1) is 6.75. The Morgan fingerprint density at radius 1 is 1.21 bits per heavy atom. The lowest BCUT2D eigenvalue weighted by Crippen LogP contribution is -1.83. The van der Waals surface area contributed by atoms with Crippen LogP contribution in [0.15, 0.2) is 34.9 Å². The van der Waals surface area contributed by atoms with Crippen LogP contribution >= 0.6 is 23.2 Å². The van der Waals surface area contributed by atoms with Crippen molar-refractivity contribution in [2.45, 2.75) is 0 Å². The van der Waals surface area contributed by atoms with Gasteiger partial charge in [0, 0.05) is 0 Å². The van der Waals surface area contributed by atoms with Crippen LogP contribution in [0.5, 0.6) is 11.8 Å². The van der Waals surface area contributed by atoms with E-state index in [0.717, 1.165) is 0 Å². The molecule has 1 aromatic carbocycles. The average Bonchev–Trinajstić information content (AvgIpc) is 2.56. The number of ether oxygens (including phenoxy) is 1. The molecule has 0 aliphatic heterocycles. The summed E-state index contributed by atoms with van der Waals surface area (Å²) in [6.07, 6.45) is 1.43. The van der Waals surface area contributed by atoms with Gasteiger partial charge >= 0.3 is 6.08 Å². The molecule has 14 heavy (non-hydrogen) atoms. The molecule has 0 atom stereocenters. The number of para-hydroxylation sites is 1. The first-order valence-electron chi connectivity index (χ1n) is 3.79. The highest BCUT2D eigenvalue weighted by molar-refractivity contribution is 6.32. The van der Waals surface area contributed by atoms with Crippen LogP contribution in [0.1, 0.15) is 0 Å². The lowest BCUT2D eigenvalue weighted by Gasteiger charge is -2.01. The molecule has 0 saturated heterocycles. The molecule has 0 radical (unpaired) electrons. The molecule has 2 rings (SSSR count). The average molecular weight is 230 g/mol. The summed E-state index contributed by atoms with van der Waals surface area (Å²) in [5.41, 5.74) is 0. The fourth-order valence-electron chi connectivity index (χ4n) is 0.908. The third-order valence-electron chi connectivity index (χ3n) is 1.49. The fourth-order valence-corrected chi connectivity index (χ4v) is 1.20. The highest BCUT2D eigenvalue weighted by atomic mass is 35.5. The van der Waals surface area contributed by atoms with Crippen molar-refractivity contribution in [2.24, 2.45) is 0 Å². The SMILES string of the molecule is Clc1cnc(Oc2ccccc2Cl)o1. The van der Waals surface area contributed by atoms with Gasteiger partial charge in [-0.25, -0.2) is 0 Å². The molecular weight excluding hydrogens is 225 g/mol. The zero-order valence-electron chi connectivity index (χ0n) is 6.91. The monoisotopic (exact) mass is 229 g/mol. The Labute approximate surface area is 90.2 Å². The van der Waals surface area contributed by atoms with Gasteiger partial charge < -0.3 is 9.15 Å². The number of halogens is 2. The van der Waals surface area contributed by atoms with Gasteiger partial charge in [0.05, 0.1) is 11.2 Å². The minimum Gasteiger partial charge on any atom is -0.409 e. The smallest absolute Gasteiger partial charge is 0.400 e. The number of aromatic nitrogens is 1. The van der Waals surface area contributed by atoms with Crippen LogP contribution in [-0.4, -0.2) is 4.98 Å². The molecule has 0 unspecified atom stereocenters. The predicted octanol–water partition coefficient (Wildman–Crippen LogP) is 3.77. The van der Waals surface area contributed by atoms with Crippen LogP contribution in [0.25, 0.3) is 0 Å². The highest BCUT2D eigenvalue weighted by Crippen LogP contribution is 2.29. The summed E-state index contributed by atoms with van der Waals surface area (Å²) in [7, 11) is 0. The molecule has 0 amide bonds. The van der Waals surface area contributed by atoms with Crippen LogP contribution < -0.4 is 4.74 Å². The van der Waals surface area contributed by atoms with Crippen molar-refractivity contribution >= 4 is 23.2 Å². The van der Waals surface area contributed by atoms with Crippen molar-refractivity contribution in [1.82, 2.24) is 4.98 Å². The highest BCUT2D eigenvalue weighted by Gasteiger charge is 2.06. The summed E-state index contributed by atoms with van der Waals surface area (Å²) in [4.78, 5) is 3.77. The van der Waals surface area contributed by atoms with Gasteiger partial charge in [0.15, 0.2) is 5.75 Å². The second kappa shape index (κ2) is 3.90. The minimum absolute atomic E-state index is 0.0723. The van der Waals surface area contributed by atoms with Crippen molar-refractivity contribution in [1.29, 1.82) is 0 Å². The van der Waals surface area contributed by atoms with E-state index in [-0.39, 0.29) is 11.3 Å². The van der Waals surface area contributed by atoms with Gasteiger partial charge in [0.2, 0.25) is 5.22 Å². The van der Waals surface area contributed by atoms with Crippen molar-refractivity contribution < 1.29 is 9.15 Å². The number of benzene rings is 1. The molecule has 0 saturated carbocycles. The third kappa shape index (κ3) is 2.00. The minimum atomic E-state index is 0.0723. The lowest BCUT2D eigenvalue weighted by atomic mass is 10.3. The summed E-state index contributed by atoms with van der Waals surface area (Å²) < 4.78 is 10.2. The maximum Gasteiger partial charge on any atom is 0.400 e. The number of nitrogens with zero attached hydrogens (tertiary/aromatic N) is 1. The Morgan fingerprint density at radius 3 is 2.64 bits per heavy atom. The Balaban J connectivity index is 2.23. The molecule has 2 aromatic rings. The summed E-state index contributed by atoms with van der Waals surface area (Å²) in [6, 6.07) is 7.02. The van der Waals surface area contributed by atoms with E-state index in [2.05, 4.69) is 4.98 Å². The van der Waals surface area contributed by atoms with Crippen LogP contribution in [-0.2, 0) is 0 Å². The first-order valence-corrected chi connectivity index (χ1v) is 4.55. The van der Waals surface area contributed by atoms with E-state index >= 15 is 0 Å². The molecule has 1 aromatic heterocycles. The lowest BCUT2D eigenvalue weighted by molar-refractivity contribution is 0.331. The Kier molecular flexibility index (Phi) is 2.61. The van der Waals surface area contributed by atoms with Crippen LogP contribution in [0.2, 0.25) is 10.2 Å². The summed E-state index contributed by atoms with van der Waals surface area (Å²) in [5, 5.41) is 0.661. The van der Waals surface area contributed by atoms with E-state index in [1.807, 2.05) is 0 Å². The second-order valence-electron chi connectivity index (χ2n) is 2.46. The number of hydrogen-bond acceptors (Lipinski definition) is 3. The molecule has 0 aliphatic carbocycles. The molecule has 1 heterocycles. The number of rotatable bonds is 2. The Morgan fingerprint density at radius 2 is 2.00 bits per heavy atom. The fraction of sp³-hybridized carbons (Fsp3) is 0. The molecule has 0 spiro atoms. The third-order valence-corrected chi connectivity index (χ3v) is 1.98. The maximum absolute atomic E-state index is 5.85. The van der Waals surface area contributed by atoms with Crippen molar-refractivity contribution in [2.75, 3.05) is 0 Å². The van der Waals surface area contributed by atoms with Gasteiger partial charge in [0.1, 0.15) is 0 Å². The van der Waals surface area contributed by atoms with E-state index < -0.39 is 0 Å². The van der Waals surface area contributed by atoms with Crippen LogP contribution in [0, 0.1) is 0 Å². The molecule has 0 bridgehead atoms. The predicted molar refractivity (Wildman–Crippen MR) is 53.0 cm³/mol. The zero-order chi connectivity index (χ0) is 9.97. The van der Waals surface area contributed by atoms with Crippen molar-refractivity contribution in [3.05, 3.63) is 40.7 Å². The summed E-state index contributed by atoms with van der Waals surface area (Å²) in [5.74, 6) is 0.479. The molecule has 0 fully saturated rings. The van der Waals surface area contributed by atoms with Gasteiger partial charge in [0.25, 0.3) is 0 Å². The van der Waals surface area contributed by atoms with E-state index in [1.54, 1.807) is 24.3 Å². The molecular formula is C9H5Cl2NO2. The maximum atomic E-state index is 5.85. The van der Waals surface area contributed by atoms with E-state index in [9.17, 15) is 0 Å². The van der Waals surface area contributed by atoms with Gasteiger partial charge in [-0.1, -0.05) is 23.7 Å². The summed E-state index contributed by atoms with van der Waals surface area (Å²) in [6.45, 7) is 0. The van der Waals surface area contributed by atoms with E-state index in [0.29, 0.717) is 10.8 Å². The summed E-state index contributed by atoms with van der Waals surface area (Å²) >= 11 is 11.4. The van der Waals surface area contributed by atoms with Crippen LogP contribution in [0.4, 0.5) is 0 Å². The van der Waals surface area contributed by atoms with Crippen molar-refractivity contribution in [3.8, 4) is 11.8 Å². The van der Waals surface area contributed by atoms with E-state index in [1.165, 1.54) is 6.20 Å². The van der Waals surface area contributed by atoms with Gasteiger partial charge in [-0.05, 0) is 23.7 Å².